The van der Waals surface area contributed by atoms with Crippen molar-refractivity contribution in [2.24, 2.45) is 0 Å². The molecule has 0 radical (unpaired) electrons. The molecule has 0 unspecified atom stereocenters. The summed E-state index contributed by atoms with van der Waals surface area (Å²) in [7, 11) is 0. The minimum Gasteiger partial charge on any atom is -0.405 e. The summed E-state index contributed by atoms with van der Waals surface area (Å²) in [5, 5.41) is 0. The van der Waals surface area contributed by atoms with Crippen molar-refractivity contribution in [2.45, 2.75) is 0 Å². The Morgan fingerprint density at radius 1 is 1.36 bits per heavy atom. The number of aromatic nitrogens is 2. The molecule has 4 nitrogen and oxygen atoms in total. The maximum absolute atomic E-state index is 5.31. The number of oxazole rings is 1. The third-order valence-electron chi connectivity index (χ3n) is 1.24. The highest BCUT2D eigenvalue weighted by molar-refractivity contribution is 9.10. The van der Waals surface area contributed by atoms with Gasteiger partial charge >= 0.3 is 0 Å². The molecule has 0 aliphatic heterocycles. The fourth-order valence-corrected chi connectivity index (χ4v) is 1.10. The number of hydrogen-bond acceptors (Lipinski definition) is 4. The molecular weight excluding hydrogens is 210 g/mol. The molecule has 5 heteroatoms. The maximum atomic E-state index is 5.31. The van der Waals surface area contributed by atoms with Gasteiger partial charge in [-0.25, -0.2) is 4.98 Å². The molecule has 2 heterocycles. The van der Waals surface area contributed by atoms with Crippen LogP contribution in [0.4, 0.5) is 6.01 Å². The summed E-state index contributed by atoms with van der Waals surface area (Å²) in [4.78, 5) is 7.89. The van der Waals surface area contributed by atoms with Crippen LogP contribution in [0.5, 0.6) is 0 Å². The fraction of sp³-hybridized carbons (Fsp3) is 0. The monoisotopic (exact) mass is 213 g/mol. The molecule has 56 valence electrons. The van der Waals surface area contributed by atoms with Gasteiger partial charge in [0.2, 0.25) is 5.71 Å². The van der Waals surface area contributed by atoms with Crippen molar-refractivity contribution < 1.29 is 4.42 Å². The predicted molar refractivity (Wildman–Crippen MR) is 43.9 cm³/mol. The lowest BCUT2D eigenvalue weighted by molar-refractivity contribution is 0.613. The van der Waals surface area contributed by atoms with Crippen LogP contribution in [0.3, 0.4) is 0 Å². The highest BCUT2D eigenvalue weighted by atomic mass is 79.9. The van der Waals surface area contributed by atoms with Crippen molar-refractivity contribution in [1.29, 1.82) is 0 Å². The molecule has 0 saturated carbocycles. The van der Waals surface area contributed by atoms with Gasteiger partial charge < -0.3 is 10.2 Å². The van der Waals surface area contributed by atoms with Crippen molar-refractivity contribution >= 4 is 33.2 Å². The smallest absolute Gasteiger partial charge is 0.294 e. The number of pyridine rings is 1. The molecule has 0 bridgehead atoms. The second kappa shape index (κ2) is 2.20. The van der Waals surface area contributed by atoms with Gasteiger partial charge in [-0.2, -0.15) is 4.98 Å². The number of anilines is 1. The molecule has 11 heavy (non-hydrogen) atoms. The van der Waals surface area contributed by atoms with Crippen molar-refractivity contribution in [1.82, 2.24) is 9.97 Å². The summed E-state index contributed by atoms with van der Waals surface area (Å²) < 4.78 is 5.68. The maximum Gasteiger partial charge on any atom is 0.294 e. The molecule has 0 amide bonds. The van der Waals surface area contributed by atoms with E-state index in [1.54, 1.807) is 12.1 Å². The van der Waals surface area contributed by atoms with Crippen LogP contribution in [0.25, 0.3) is 11.2 Å². The Morgan fingerprint density at radius 3 is 3.00 bits per heavy atom. The van der Waals surface area contributed by atoms with Crippen LogP contribution in [0.1, 0.15) is 0 Å². The molecule has 2 aromatic rings. The van der Waals surface area contributed by atoms with Crippen LogP contribution in [0.15, 0.2) is 21.2 Å². The van der Waals surface area contributed by atoms with E-state index < -0.39 is 0 Å². The molecular formula is C6H4BrN3O. The van der Waals surface area contributed by atoms with E-state index in [9.17, 15) is 0 Å². The van der Waals surface area contributed by atoms with Crippen molar-refractivity contribution in [3.8, 4) is 0 Å². The molecule has 0 saturated heterocycles. The first-order valence-corrected chi connectivity index (χ1v) is 3.73. The lowest BCUT2D eigenvalue weighted by Crippen LogP contribution is -1.80. The van der Waals surface area contributed by atoms with Crippen molar-refractivity contribution in [3.63, 3.8) is 0 Å². The van der Waals surface area contributed by atoms with Gasteiger partial charge in [0.05, 0.1) is 0 Å². The van der Waals surface area contributed by atoms with E-state index in [0.29, 0.717) is 15.8 Å². The molecule has 0 aliphatic rings. The van der Waals surface area contributed by atoms with Crippen LogP contribution >= 0.6 is 15.9 Å². The molecule has 2 N–H and O–H groups in total. The zero-order valence-electron chi connectivity index (χ0n) is 5.41. The van der Waals surface area contributed by atoms with Gasteiger partial charge in [-0.05, 0) is 28.1 Å². The number of halogens is 1. The molecule has 0 aliphatic carbocycles. The van der Waals surface area contributed by atoms with Gasteiger partial charge in [0, 0.05) is 0 Å². The minimum atomic E-state index is 0.144. The van der Waals surface area contributed by atoms with E-state index in [1.807, 2.05) is 0 Å². The standard InChI is InChI=1S/C6H4BrN3O/c7-4-2-1-3-5(10-4)11-6(8)9-3/h1-2H,(H2,8,9). The third kappa shape index (κ3) is 1.07. The summed E-state index contributed by atoms with van der Waals surface area (Å²) in [5.41, 5.74) is 6.43. The molecule has 0 atom stereocenters. The number of fused-ring (bicyclic) bond motifs is 1. The lowest BCUT2D eigenvalue weighted by Gasteiger charge is -1.85. The van der Waals surface area contributed by atoms with Crippen LogP contribution in [-0.4, -0.2) is 9.97 Å². The molecule has 2 rings (SSSR count). The first-order valence-electron chi connectivity index (χ1n) is 2.94. The zero-order valence-corrected chi connectivity index (χ0v) is 7.00. The summed E-state index contributed by atoms with van der Waals surface area (Å²) in [6.45, 7) is 0. The Balaban J connectivity index is 2.82. The highest BCUT2D eigenvalue weighted by Crippen LogP contribution is 2.16. The molecule has 2 aromatic heterocycles. The number of nitrogen functional groups attached to an aromatic ring is 1. The Labute approximate surface area is 70.6 Å². The van der Waals surface area contributed by atoms with Crippen LogP contribution in [0, 0.1) is 0 Å². The Hall–Kier alpha value is -1.10. The first-order chi connectivity index (χ1) is 5.25. The summed E-state index contributed by atoms with van der Waals surface area (Å²) >= 11 is 3.20. The van der Waals surface area contributed by atoms with E-state index in [-0.39, 0.29) is 6.01 Å². The number of rotatable bonds is 0. The Bertz CT molecular complexity index is 398. The zero-order chi connectivity index (χ0) is 7.84. The second-order valence-electron chi connectivity index (χ2n) is 2.01. The second-order valence-corrected chi connectivity index (χ2v) is 2.82. The highest BCUT2D eigenvalue weighted by Gasteiger charge is 2.02. The lowest BCUT2D eigenvalue weighted by atomic mass is 10.4. The van der Waals surface area contributed by atoms with E-state index in [0.717, 1.165) is 0 Å². The number of nitrogens with zero attached hydrogens (tertiary/aromatic N) is 2. The summed E-state index contributed by atoms with van der Waals surface area (Å²) in [5.74, 6) is 0. The first kappa shape index (κ1) is 6.60. The van der Waals surface area contributed by atoms with Crippen molar-refractivity contribution in [2.75, 3.05) is 5.73 Å². The Kier molecular flexibility index (Phi) is 1.32. The molecule has 0 aromatic carbocycles. The molecule has 0 spiro atoms. The van der Waals surface area contributed by atoms with Crippen LogP contribution in [-0.2, 0) is 0 Å². The fourth-order valence-electron chi connectivity index (χ4n) is 0.811. The third-order valence-corrected chi connectivity index (χ3v) is 1.68. The van der Waals surface area contributed by atoms with Crippen LogP contribution < -0.4 is 5.73 Å². The van der Waals surface area contributed by atoms with Gasteiger partial charge in [0.1, 0.15) is 10.1 Å². The van der Waals surface area contributed by atoms with Crippen molar-refractivity contribution in [3.05, 3.63) is 16.7 Å². The van der Waals surface area contributed by atoms with Gasteiger partial charge in [0.25, 0.3) is 6.01 Å². The summed E-state index contributed by atoms with van der Waals surface area (Å²) in [6.07, 6.45) is 0. The number of hydrogen-bond donors (Lipinski definition) is 1. The topological polar surface area (TPSA) is 64.9 Å². The van der Waals surface area contributed by atoms with Gasteiger partial charge in [-0.15, -0.1) is 0 Å². The van der Waals surface area contributed by atoms with Gasteiger partial charge in [-0.1, -0.05) is 0 Å². The SMILES string of the molecule is Nc1nc2ccc(Br)nc2o1. The van der Waals surface area contributed by atoms with E-state index in [4.69, 9.17) is 10.2 Å². The quantitative estimate of drug-likeness (QED) is 0.676. The summed E-state index contributed by atoms with van der Waals surface area (Å²) in [6, 6.07) is 3.71. The average molecular weight is 214 g/mol. The average Bonchev–Trinajstić information content (AvgIpc) is 2.27. The van der Waals surface area contributed by atoms with E-state index in [1.165, 1.54) is 0 Å². The number of nitrogens with two attached hydrogens (primary N) is 1. The largest absolute Gasteiger partial charge is 0.405 e. The minimum absolute atomic E-state index is 0.144. The molecule has 0 fully saturated rings. The Morgan fingerprint density at radius 2 is 2.18 bits per heavy atom. The van der Waals surface area contributed by atoms with Crippen LogP contribution in [0.2, 0.25) is 0 Å². The van der Waals surface area contributed by atoms with Gasteiger partial charge in [-0.3, -0.25) is 0 Å². The normalized spacial score (nSPS) is 10.6. The van der Waals surface area contributed by atoms with E-state index in [2.05, 4.69) is 25.9 Å². The predicted octanol–water partition coefficient (Wildman–Crippen LogP) is 1.57. The van der Waals surface area contributed by atoms with Gasteiger partial charge in [0.15, 0.2) is 0 Å². The van der Waals surface area contributed by atoms with E-state index >= 15 is 0 Å².